The van der Waals surface area contributed by atoms with Crippen LogP contribution in [0.5, 0.6) is 0 Å². The first-order valence-corrected chi connectivity index (χ1v) is 8.91. The summed E-state index contributed by atoms with van der Waals surface area (Å²) < 4.78 is 1.70. The quantitative estimate of drug-likeness (QED) is 0.700. The third kappa shape index (κ3) is 4.49. The smallest absolute Gasteiger partial charge is 0.251 e. The maximum Gasteiger partial charge on any atom is 0.251 e. The topological polar surface area (TPSA) is 98.7 Å². The van der Waals surface area contributed by atoms with Gasteiger partial charge < -0.3 is 11.1 Å². The van der Waals surface area contributed by atoms with Gasteiger partial charge >= 0.3 is 0 Å². The van der Waals surface area contributed by atoms with Crippen LogP contribution in [0.1, 0.15) is 42.5 Å². The molecule has 27 heavy (non-hydrogen) atoms. The number of nitrogens with two attached hydrogens (primary N) is 1. The Kier molecular flexibility index (Phi) is 5.49. The molecule has 0 spiro atoms. The Labute approximate surface area is 158 Å². The van der Waals surface area contributed by atoms with E-state index in [4.69, 9.17) is 5.73 Å². The second kappa shape index (κ2) is 7.99. The zero-order valence-corrected chi connectivity index (χ0v) is 15.8. The van der Waals surface area contributed by atoms with Crippen molar-refractivity contribution in [2.24, 2.45) is 13.0 Å². The first-order chi connectivity index (χ1) is 12.9. The molecular formula is C20H24N6O. The van der Waals surface area contributed by atoms with Crippen LogP contribution in [0.2, 0.25) is 0 Å². The van der Waals surface area contributed by atoms with Crippen molar-refractivity contribution in [2.75, 3.05) is 5.73 Å². The Hall–Kier alpha value is -3.22. The number of hydrogen-bond acceptors (Lipinski definition) is 5. The van der Waals surface area contributed by atoms with Crippen molar-refractivity contribution in [2.45, 2.75) is 26.3 Å². The third-order valence-corrected chi connectivity index (χ3v) is 4.28. The lowest BCUT2D eigenvalue weighted by Gasteiger charge is -2.20. The van der Waals surface area contributed by atoms with Crippen LogP contribution in [0, 0.1) is 5.92 Å². The molecule has 0 fully saturated rings. The minimum absolute atomic E-state index is 0.143. The van der Waals surface area contributed by atoms with Crippen molar-refractivity contribution < 1.29 is 4.79 Å². The highest BCUT2D eigenvalue weighted by Crippen LogP contribution is 2.21. The minimum atomic E-state index is -0.194. The molecule has 1 aromatic carbocycles. The van der Waals surface area contributed by atoms with E-state index in [9.17, 15) is 4.79 Å². The van der Waals surface area contributed by atoms with Crippen LogP contribution in [-0.4, -0.2) is 25.7 Å². The Morgan fingerprint density at radius 1 is 1.19 bits per heavy atom. The molecule has 3 rings (SSSR count). The van der Waals surface area contributed by atoms with Crippen molar-refractivity contribution in [3.63, 3.8) is 0 Å². The van der Waals surface area contributed by atoms with Crippen LogP contribution in [0.3, 0.4) is 0 Å². The number of nitrogens with one attached hydrogen (secondary N) is 1. The highest BCUT2D eigenvalue weighted by molar-refractivity contribution is 5.94. The molecule has 0 aliphatic rings. The van der Waals surface area contributed by atoms with Crippen LogP contribution < -0.4 is 11.1 Å². The maximum absolute atomic E-state index is 12.7. The third-order valence-electron chi connectivity index (χ3n) is 4.28. The molecule has 1 unspecified atom stereocenters. The average Bonchev–Trinajstić information content (AvgIpc) is 3.07. The fourth-order valence-corrected chi connectivity index (χ4v) is 2.97. The van der Waals surface area contributed by atoms with E-state index in [2.05, 4.69) is 34.2 Å². The molecule has 0 aliphatic carbocycles. The number of hydrogen-bond donors (Lipinski definition) is 2. The van der Waals surface area contributed by atoms with Crippen LogP contribution >= 0.6 is 0 Å². The normalized spacial score (nSPS) is 12.1. The van der Waals surface area contributed by atoms with Crippen molar-refractivity contribution >= 4 is 11.7 Å². The molecule has 7 nitrogen and oxygen atoms in total. The summed E-state index contributed by atoms with van der Waals surface area (Å²) in [6, 6.07) is 12.6. The van der Waals surface area contributed by atoms with Crippen molar-refractivity contribution in [1.29, 1.82) is 0 Å². The predicted molar refractivity (Wildman–Crippen MR) is 105 cm³/mol. The molecule has 7 heteroatoms. The molecule has 0 bridgehead atoms. The molecule has 0 radical (unpaired) electrons. The summed E-state index contributed by atoms with van der Waals surface area (Å²) in [6.07, 6.45) is 2.28. The largest absolute Gasteiger partial charge is 0.384 e. The number of aromatic nitrogens is 4. The molecule has 1 atom stereocenters. The highest BCUT2D eigenvalue weighted by Gasteiger charge is 2.21. The summed E-state index contributed by atoms with van der Waals surface area (Å²) >= 11 is 0. The number of amides is 1. The number of benzene rings is 1. The van der Waals surface area contributed by atoms with Gasteiger partial charge in [0.1, 0.15) is 18.0 Å². The first-order valence-electron chi connectivity index (χ1n) is 8.91. The van der Waals surface area contributed by atoms with E-state index < -0.39 is 0 Å². The minimum Gasteiger partial charge on any atom is -0.384 e. The molecule has 0 saturated carbocycles. The molecule has 3 aromatic rings. The number of carbonyl (C=O) groups excluding carboxylic acids is 1. The number of carbonyl (C=O) groups is 1. The second-order valence-electron chi connectivity index (χ2n) is 6.92. The van der Waals surface area contributed by atoms with Crippen molar-refractivity contribution in [3.05, 3.63) is 60.2 Å². The summed E-state index contributed by atoms with van der Waals surface area (Å²) in [5.41, 5.74) is 8.01. The Morgan fingerprint density at radius 3 is 2.52 bits per heavy atom. The summed E-state index contributed by atoms with van der Waals surface area (Å²) in [5, 5.41) is 7.19. The average molecular weight is 364 g/mol. The molecule has 2 heterocycles. The number of anilines is 1. The number of nitrogens with zero attached hydrogens (tertiary/aromatic N) is 4. The van der Waals surface area contributed by atoms with Gasteiger partial charge in [-0.1, -0.05) is 32.0 Å². The summed E-state index contributed by atoms with van der Waals surface area (Å²) in [7, 11) is 1.83. The Balaban J connectivity index is 1.77. The predicted octanol–water partition coefficient (Wildman–Crippen LogP) is 2.98. The maximum atomic E-state index is 12.7. The van der Waals surface area contributed by atoms with E-state index in [1.54, 1.807) is 22.9 Å². The molecule has 3 N–H and O–H groups in total. The highest BCUT2D eigenvalue weighted by atomic mass is 16.1. The molecule has 0 saturated heterocycles. The van der Waals surface area contributed by atoms with Gasteiger partial charge in [0.05, 0.1) is 11.7 Å². The van der Waals surface area contributed by atoms with E-state index in [1.807, 2.05) is 31.3 Å². The summed E-state index contributed by atoms with van der Waals surface area (Å²) in [4.78, 5) is 21.3. The molecule has 140 valence electrons. The van der Waals surface area contributed by atoms with E-state index in [1.165, 1.54) is 6.33 Å². The fraction of sp³-hybridized carbons (Fsp3) is 0.300. The van der Waals surface area contributed by atoms with Gasteiger partial charge in [-0.05, 0) is 36.6 Å². The lowest BCUT2D eigenvalue weighted by molar-refractivity contribution is 0.0929. The van der Waals surface area contributed by atoms with E-state index in [0.29, 0.717) is 17.3 Å². The van der Waals surface area contributed by atoms with Gasteiger partial charge in [-0.3, -0.25) is 9.48 Å². The van der Waals surface area contributed by atoms with Gasteiger partial charge in [0.15, 0.2) is 0 Å². The first kappa shape index (κ1) is 18.6. The second-order valence-corrected chi connectivity index (χ2v) is 6.92. The SMILES string of the molecule is CC(C)CC(NC(=O)c1ccc(-c2cccc(N)n2)cc1)c1ncnn1C. The van der Waals surface area contributed by atoms with Crippen LogP contribution in [0.4, 0.5) is 5.82 Å². The zero-order chi connectivity index (χ0) is 19.4. The van der Waals surface area contributed by atoms with Crippen LogP contribution in [0.25, 0.3) is 11.3 Å². The van der Waals surface area contributed by atoms with Crippen LogP contribution in [-0.2, 0) is 7.05 Å². The number of aryl methyl sites for hydroxylation is 1. The van der Waals surface area contributed by atoms with Gasteiger partial charge in [0.2, 0.25) is 0 Å². The Morgan fingerprint density at radius 2 is 1.93 bits per heavy atom. The van der Waals surface area contributed by atoms with Gasteiger partial charge in [-0.2, -0.15) is 5.10 Å². The lowest BCUT2D eigenvalue weighted by Crippen LogP contribution is -2.31. The van der Waals surface area contributed by atoms with Crippen LogP contribution in [0.15, 0.2) is 48.8 Å². The van der Waals surface area contributed by atoms with Gasteiger partial charge in [-0.25, -0.2) is 9.97 Å². The number of rotatable bonds is 6. The Bertz CT molecular complexity index is 916. The number of nitrogen functional groups attached to an aromatic ring is 1. The number of pyridine rings is 1. The van der Waals surface area contributed by atoms with Crippen molar-refractivity contribution in [1.82, 2.24) is 25.1 Å². The standard InChI is InChI=1S/C20H24N6O/c1-13(2)11-17(19-22-12-23-26(19)3)25-20(27)15-9-7-14(8-10-15)16-5-4-6-18(21)24-16/h4-10,12-13,17H,11H2,1-3H3,(H2,21,24)(H,25,27). The molecule has 2 aromatic heterocycles. The summed E-state index contributed by atoms with van der Waals surface area (Å²) in [5.74, 6) is 1.48. The molecule has 0 aliphatic heterocycles. The molecular weight excluding hydrogens is 340 g/mol. The fourth-order valence-electron chi connectivity index (χ4n) is 2.97. The zero-order valence-electron chi connectivity index (χ0n) is 15.8. The van der Waals surface area contributed by atoms with E-state index in [0.717, 1.165) is 23.5 Å². The van der Waals surface area contributed by atoms with E-state index >= 15 is 0 Å². The monoisotopic (exact) mass is 364 g/mol. The van der Waals surface area contributed by atoms with Gasteiger partial charge in [0, 0.05) is 18.2 Å². The van der Waals surface area contributed by atoms with Gasteiger partial charge in [-0.15, -0.1) is 0 Å². The van der Waals surface area contributed by atoms with Crippen molar-refractivity contribution in [3.8, 4) is 11.3 Å². The summed E-state index contributed by atoms with van der Waals surface area (Å²) in [6.45, 7) is 4.23. The lowest BCUT2D eigenvalue weighted by atomic mass is 10.0. The molecule has 1 amide bonds. The van der Waals surface area contributed by atoms with E-state index in [-0.39, 0.29) is 11.9 Å². The van der Waals surface area contributed by atoms with Gasteiger partial charge in [0.25, 0.3) is 5.91 Å².